The number of aryl methyl sites for hydroxylation is 1. The predicted molar refractivity (Wildman–Crippen MR) is 119 cm³/mol. The Kier molecular flexibility index (Phi) is 6.70. The molecule has 0 unspecified atom stereocenters. The molecule has 5 nitrogen and oxygen atoms in total. The van der Waals surface area contributed by atoms with Gasteiger partial charge in [-0.15, -0.1) is 0 Å². The third kappa shape index (κ3) is 4.85. The molecule has 2 aromatic rings. The molecule has 0 saturated carbocycles. The molecule has 29 heavy (non-hydrogen) atoms. The lowest BCUT2D eigenvalue weighted by atomic mass is 10.1. The lowest BCUT2D eigenvalue weighted by molar-refractivity contribution is -0.123. The van der Waals surface area contributed by atoms with Gasteiger partial charge in [-0.2, -0.15) is 0 Å². The number of halogens is 1. The number of ether oxygens (including phenoxy) is 2. The second-order valence-corrected chi connectivity index (χ2v) is 8.80. The smallest absolute Gasteiger partial charge is 0.293 e. The van der Waals surface area contributed by atoms with E-state index in [1.165, 1.54) is 10.5 Å². The number of imide groups is 1. The Morgan fingerprint density at radius 2 is 1.93 bits per heavy atom. The van der Waals surface area contributed by atoms with E-state index in [1.54, 1.807) is 19.3 Å². The van der Waals surface area contributed by atoms with Gasteiger partial charge in [0.05, 0.1) is 12.0 Å². The van der Waals surface area contributed by atoms with Crippen molar-refractivity contribution in [2.45, 2.75) is 33.4 Å². The van der Waals surface area contributed by atoms with Gasteiger partial charge in [-0.25, -0.2) is 0 Å². The van der Waals surface area contributed by atoms with E-state index in [2.05, 4.69) is 22.0 Å². The van der Waals surface area contributed by atoms with Crippen LogP contribution >= 0.6 is 27.7 Å². The van der Waals surface area contributed by atoms with Gasteiger partial charge in [-0.05, 0) is 61.9 Å². The third-order valence-corrected chi connectivity index (χ3v) is 5.96. The summed E-state index contributed by atoms with van der Waals surface area (Å²) in [7, 11) is 1.57. The molecule has 152 valence electrons. The molecule has 1 heterocycles. The zero-order valence-electron chi connectivity index (χ0n) is 16.7. The number of hydrogen-bond acceptors (Lipinski definition) is 5. The summed E-state index contributed by atoms with van der Waals surface area (Å²) in [4.78, 5) is 26.3. The van der Waals surface area contributed by atoms with Gasteiger partial charge in [-0.1, -0.05) is 45.8 Å². The third-order valence-electron chi connectivity index (χ3n) is 4.39. The fourth-order valence-corrected chi connectivity index (χ4v) is 4.35. The number of benzene rings is 2. The summed E-state index contributed by atoms with van der Waals surface area (Å²) < 4.78 is 12.2. The highest BCUT2D eigenvalue weighted by Gasteiger charge is 2.36. The molecule has 0 bridgehead atoms. The molecule has 0 atom stereocenters. The van der Waals surface area contributed by atoms with E-state index >= 15 is 0 Å². The molecule has 2 amide bonds. The van der Waals surface area contributed by atoms with Crippen LogP contribution in [0.4, 0.5) is 4.79 Å². The first-order valence-electron chi connectivity index (χ1n) is 9.13. The summed E-state index contributed by atoms with van der Waals surface area (Å²) in [5.74, 6) is 0.865. The number of carbonyl (C=O) groups excluding carboxylic acids is 2. The average molecular weight is 476 g/mol. The number of nitrogens with zero attached hydrogens (tertiary/aromatic N) is 1. The summed E-state index contributed by atoms with van der Waals surface area (Å²) >= 11 is 4.48. The fraction of sp³-hybridized carbons (Fsp3) is 0.273. The highest BCUT2D eigenvalue weighted by atomic mass is 79.9. The van der Waals surface area contributed by atoms with Crippen LogP contribution in [0.3, 0.4) is 0 Å². The number of amides is 2. The maximum atomic E-state index is 12.5. The van der Waals surface area contributed by atoms with Crippen molar-refractivity contribution < 1.29 is 19.1 Å². The molecule has 0 spiro atoms. The van der Waals surface area contributed by atoms with E-state index in [0.717, 1.165) is 27.4 Å². The molecule has 0 aliphatic carbocycles. The van der Waals surface area contributed by atoms with Crippen molar-refractivity contribution >= 4 is 44.9 Å². The highest BCUT2D eigenvalue weighted by Crippen LogP contribution is 2.38. The lowest BCUT2D eigenvalue weighted by Gasteiger charge is -2.16. The van der Waals surface area contributed by atoms with Gasteiger partial charge in [0.25, 0.3) is 11.1 Å². The minimum Gasteiger partial charge on any atom is -0.493 e. The minimum atomic E-state index is -0.277. The van der Waals surface area contributed by atoms with Crippen molar-refractivity contribution in [3.05, 3.63) is 62.5 Å². The Morgan fingerprint density at radius 1 is 1.17 bits per heavy atom. The summed E-state index contributed by atoms with van der Waals surface area (Å²) in [6.07, 6.45) is 1.70. The van der Waals surface area contributed by atoms with Crippen LogP contribution in [0.2, 0.25) is 0 Å². The molecule has 2 aromatic carbocycles. The quantitative estimate of drug-likeness (QED) is 0.494. The van der Waals surface area contributed by atoms with E-state index < -0.39 is 0 Å². The Bertz CT molecular complexity index is 987. The molecular formula is C22H22BrNO4S. The van der Waals surface area contributed by atoms with Crippen molar-refractivity contribution in [3.63, 3.8) is 0 Å². The Balaban J connectivity index is 1.85. The monoisotopic (exact) mass is 475 g/mol. The van der Waals surface area contributed by atoms with Crippen molar-refractivity contribution in [1.29, 1.82) is 0 Å². The number of carbonyl (C=O) groups is 2. The zero-order chi connectivity index (χ0) is 21.1. The minimum absolute atomic E-state index is 0.177. The SMILES string of the molecule is COc1cc(/C=C2/SC(=O)N(C(C)C)C2=O)c(Br)cc1OCc1cccc(C)c1. The van der Waals surface area contributed by atoms with E-state index in [1.807, 2.05) is 45.0 Å². The van der Waals surface area contributed by atoms with Gasteiger partial charge in [0, 0.05) is 10.5 Å². The second-order valence-electron chi connectivity index (χ2n) is 6.95. The van der Waals surface area contributed by atoms with E-state index in [-0.39, 0.29) is 17.2 Å². The number of methoxy groups -OCH3 is 1. The number of hydrogen-bond donors (Lipinski definition) is 0. The Hall–Kier alpha value is -2.25. The molecule has 7 heteroatoms. The summed E-state index contributed by atoms with van der Waals surface area (Å²) in [5, 5.41) is -0.252. The highest BCUT2D eigenvalue weighted by molar-refractivity contribution is 9.10. The Morgan fingerprint density at radius 3 is 2.55 bits per heavy atom. The normalized spacial score (nSPS) is 15.5. The van der Waals surface area contributed by atoms with Gasteiger partial charge in [0.1, 0.15) is 6.61 Å². The van der Waals surface area contributed by atoms with Crippen LogP contribution in [-0.2, 0) is 11.4 Å². The van der Waals surface area contributed by atoms with Crippen LogP contribution in [0.15, 0.2) is 45.8 Å². The number of rotatable bonds is 6. The van der Waals surface area contributed by atoms with Crippen molar-refractivity contribution in [3.8, 4) is 11.5 Å². The standard InChI is InChI=1S/C22H22BrNO4S/c1-13(2)24-21(25)20(29-22(24)26)10-16-9-18(27-4)19(11-17(16)23)28-12-15-7-5-6-14(3)8-15/h5-11,13H,12H2,1-4H3/b20-10+. The van der Waals surface area contributed by atoms with Crippen LogP contribution in [0, 0.1) is 6.92 Å². The van der Waals surface area contributed by atoms with Crippen LogP contribution in [0.1, 0.15) is 30.5 Å². The van der Waals surface area contributed by atoms with Gasteiger partial charge in [0.15, 0.2) is 11.5 Å². The van der Waals surface area contributed by atoms with Crippen LogP contribution in [0.5, 0.6) is 11.5 Å². The Labute approximate surface area is 183 Å². The first-order chi connectivity index (χ1) is 13.8. The zero-order valence-corrected chi connectivity index (χ0v) is 19.1. The van der Waals surface area contributed by atoms with Crippen molar-refractivity contribution in [2.75, 3.05) is 7.11 Å². The first kappa shape index (κ1) is 21.5. The molecule has 0 aromatic heterocycles. The molecule has 1 fully saturated rings. The van der Waals surface area contributed by atoms with Gasteiger partial charge < -0.3 is 9.47 Å². The molecule has 3 rings (SSSR count). The van der Waals surface area contributed by atoms with E-state index in [0.29, 0.717) is 23.0 Å². The largest absolute Gasteiger partial charge is 0.493 e. The molecule has 1 aliphatic heterocycles. The first-order valence-corrected chi connectivity index (χ1v) is 10.7. The van der Waals surface area contributed by atoms with Gasteiger partial charge in [-0.3, -0.25) is 14.5 Å². The van der Waals surface area contributed by atoms with Crippen molar-refractivity contribution in [2.24, 2.45) is 0 Å². The summed E-state index contributed by atoms with van der Waals surface area (Å²) in [6.45, 7) is 6.09. The molecule has 0 N–H and O–H groups in total. The van der Waals surface area contributed by atoms with Crippen LogP contribution in [0.25, 0.3) is 6.08 Å². The molecule has 1 saturated heterocycles. The predicted octanol–water partition coefficient (Wildman–Crippen LogP) is 5.79. The summed E-state index contributed by atoms with van der Waals surface area (Å²) in [6, 6.07) is 11.5. The molecule has 0 radical (unpaired) electrons. The van der Waals surface area contributed by atoms with Crippen LogP contribution < -0.4 is 9.47 Å². The van der Waals surface area contributed by atoms with Gasteiger partial charge >= 0.3 is 0 Å². The van der Waals surface area contributed by atoms with Crippen LogP contribution in [-0.4, -0.2) is 29.2 Å². The molecule has 1 aliphatic rings. The molecular weight excluding hydrogens is 454 g/mol. The lowest BCUT2D eigenvalue weighted by Crippen LogP contribution is -2.34. The van der Waals surface area contributed by atoms with E-state index in [4.69, 9.17) is 9.47 Å². The van der Waals surface area contributed by atoms with E-state index in [9.17, 15) is 9.59 Å². The topological polar surface area (TPSA) is 55.8 Å². The number of thioether (sulfide) groups is 1. The maximum Gasteiger partial charge on any atom is 0.293 e. The van der Waals surface area contributed by atoms with Gasteiger partial charge in [0.2, 0.25) is 0 Å². The maximum absolute atomic E-state index is 12.5. The fourth-order valence-electron chi connectivity index (χ4n) is 2.96. The average Bonchev–Trinajstić information content (AvgIpc) is 2.95. The second kappa shape index (κ2) is 9.05. The van der Waals surface area contributed by atoms with Crippen molar-refractivity contribution in [1.82, 2.24) is 4.90 Å². The summed E-state index contributed by atoms with van der Waals surface area (Å²) in [5.41, 5.74) is 2.97.